The number of likely N-dealkylation sites (tertiary alicyclic amines) is 1. The number of hydrogen-bond acceptors (Lipinski definition) is 8. The van der Waals surface area contributed by atoms with Gasteiger partial charge in [0.25, 0.3) is 0 Å². The van der Waals surface area contributed by atoms with E-state index in [0.29, 0.717) is 34.1 Å². The zero-order valence-corrected chi connectivity index (χ0v) is 27.3. The number of piperidine rings is 1. The molecule has 3 aromatic rings. The Labute approximate surface area is 272 Å². The summed E-state index contributed by atoms with van der Waals surface area (Å²) in [6.45, 7) is 6.51. The summed E-state index contributed by atoms with van der Waals surface area (Å²) in [5, 5.41) is 10.0. The topological polar surface area (TPSA) is 105 Å². The molecule has 2 saturated heterocycles. The van der Waals surface area contributed by atoms with Crippen molar-refractivity contribution in [1.82, 2.24) is 19.8 Å². The van der Waals surface area contributed by atoms with E-state index in [4.69, 9.17) is 38.0 Å². The molecule has 0 aliphatic carbocycles. The zero-order valence-electron chi connectivity index (χ0n) is 25.0. The lowest BCUT2D eigenvalue weighted by atomic mass is 9.94. The van der Waals surface area contributed by atoms with Crippen LogP contribution < -0.4 is 9.64 Å². The number of benzene rings is 1. The van der Waals surface area contributed by atoms with Crippen LogP contribution in [-0.4, -0.2) is 93.2 Å². The zero-order chi connectivity index (χ0) is 31.1. The number of hydrogen-bond donors (Lipinski definition) is 1. The average molecular weight is 661 g/mol. The lowest BCUT2D eigenvalue weighted by molar-refractivity contribution is -0.137. The maximum absolute atomic E-state index is 11.5. The van der Waals surface area contributed by atoms with Crippen LogP contribution in [0.4, 0.5) is 5.82 Å². The van der Waals surface area contributed by atoms with Gasteiger partial charge < -0.3 is 19.3 Å². The van der Waals surface area contributed by atoms with Crippen molar-refractivity contribution in [3.8, 4) is 22.9 Å². The summed E-state index contributed by atoms with van der Waals surface area (Å²) in [6, 6.07) is 13.3. The minimum absolute atomic E-state index is 0.160. The molecule has 1 unspecified atom stereocenters. The van der Waals surface area contributed by atoms with E-state index in [1.807, 2.05) is 30.3 Å². The van der Waals surface area contributed by atoms with Gasteiger partial charge in [-0.25, -0.2) is 9.97 Å². The Kier molecular flexibility index (Phi) is 11.6. The highest BCUT2D eigenvalue weighted by Gasteiger charge is 2.22. The van der Waals surface area contributed by atoms with Crippen LogP contribution in [0.1, 0.15) is 31.2 Å². The highest BCUT2D eigenvalue weighted by atomic mass is 35.5. The lowest BCUT2D eigenvalue weighted by Crippen LogP contribution is -2.47. The van der Waals surface area contributed by atoms with Crippen LogP contribution in [0.3, 0.4) is 0 Å². The van der Waals surface area contributed by atoms with Gasteiger partial charge in [0.2, 0.25) is 5.88 Å². The number of rotatable bonds is 12. The smallest absolute Gasteiger partial charge is 0.304 e. The summed E-state index contributed by atoms with van der Waals surface area (Å²) >= 11 is 11.9. The van der Waals surface area contributed by atoms with E-state index in [1.165, 1.54) is 0 Å². The van der Waals surface area contributed by atoms with Crippen LogP contribution in [0.25, 0.3) is 11.3 Å². The SMILES string of the molecule is C[S+]([O-])CCC1CCN(Cc2cc(Oc3ccc(N4CCN(CCC(=O)O)CC4)nc3)nc(-c3cc(Cl)cc(Cl)c3)c2)CC1. The molecule has 0 saturated carbocycles. The van der Waals surface area contributed by atoms with Crippen molar-refractivity contribution in [3.63, 3.8) is 0 Å². The molecule has 2 aromatic heterocycles. The molecule has 1 N–H and O–H groups in total. The van der Waals surface area contributed by atoms with Gasteiger partial charge in [0.15, 0.2) is 0 Å². The standard InChI is InChI=1S/C32H39Cl2N5O4S/c1-44(42)15-7-23-4-8-38(9-5-23)22-24-16-29(25-18-26(33)20-27(34)19-25)36-31(17-24)43-28-2-3-30(35-21-28)39-13-11-37(12-14-39)10-6-32(40)41/h2-3,16-21,23H,4-15,22H2,1H3,(H,40,41). The second-order valence-electron chi connectivity index (χ2n) is 11.6. The number of anilines is 1. The van der Waals surface area contributed by atoms with E-state index in [1.54, 1.807) is 18.5 Å². The first kappa shape index (κ1) is 32.8. The Morgan fingerprint density at radius 3 is 2.39 bits per heavy atom. The maximum atomic E-state index is 11.5. The molecule has 5 rings (SSSR count). The number of carboxylic acids is 1. The highest BCUT2D eigenvalue weighted by molar-refractivity contribution is 7.90. The van der Waals surface area contributed by atoms with Crippen molar-refractivity contribution >= 4 is 46.2 Å². The summed E-state index contributed by atoms with van der Waals surface area (Å²) in [7, 11) is 0. The molecule has 236 valence electrons. The fourth-order valence-corrected chi connectivity index (χ4v) is 6.96. The van der Waals surface area contributed by atoms with Gasteiger partial charge in [-0.05, 0) is 80.2 Å². The Morgan fingerprint density at radius 2 is 1.75 bits per heavy atom. The molecule has 2 aliphatic heterocycles. The molecule has 44 heavy (non-hydrogen) atoms. The van der Waals surface area contributed by atoms with Crippen molar-refractivity contribution in [2.45, 2.75) is 32.2 Å². The Bertz CT molecular complexity index is 1380. The minimum Gasteiger partial charge on any atom is -0.617 e. The Morgan fingerprint density at radius 1 is 1.02 bits per heavy atom. The molecule has 12 heteroatoms. The third-order valence-electron chi connectivity index (χ3n) is 8.23. The van der Waals surface area contributed by atoms with Crippen molar-refractivity contribution in [1.29, 1.82) is 0 Å². The first-order valence-corrected chi connectivity index (χ1v) is 17.5. The number of carboxylic acid groups (broad SMARTS) is 1. The van der Waals surface area contributed by atoms with Crippen LogP contribution in [0.2, 0.25) is 10.0 Å². The predicted molar refractivity (Wildman–Crippen MR) is 176 cm³/mol. The fourth-order valence-electron chi connectivity index (χ4n) is 5.77. The van der Waals surface area contributed by atoms with Crippen LogP contribution in [0.5, 0.6) is 11.6 Å². The number of piperazine rings is 1. The monoisotopic (exact) mass is 659 g/mol. The number of aliphatic carboxylic acids is 1. The van der Waals surface area contributed by atoms with Crippen LogP contribution in [-0.2, 0) is 22.5 Å². The number of carbonyl (C=O) groups is 1. The van der Waals surface area contributed by atoms with E-state index in [0.717, 1.165) is 93.5 Å². The molecule has 2 fully saturated rings. The summed E-state index contributed by atoms with van der Waals surface area (Å²) < 4.78 is 17.8. The molecule has 0 amide bonds. The molecule has 1 aromatic carbocycles. The van der Waals surface area contributed by atoms with Gasteiger partial charge in [-0.15, -0.1) is 0 Å². The molecule has 0 spiro atoms. The van der Waals surface area contributed by atoms with Crippen molar-refractivity contribution in [2.75, 3.05) is 62.7 Å². The number of halogens is 2. The highest BCUT2D eigenvalue weighted by Crippen LogP contribution is 2.31. The number of aromatic nitrogens is 2. The molecule has 4 heterocycles. The van der Waals surface area contributed by atoms with E-state index in [2.05, 4.69) is 25.8 Å². The number of ether oxygens (including phenoxy) is 1. The largest absolute Gasteiger partial charge is 0.617 e. The summed E-state index contributed by atoms with van der Waals surface area (Å²) in [4.78, 5) is 27.2. The average Bonchev–Trinajstić information content (AvgIpc) is 3.00. The van der Waals surface area contributed by atoms with Crippen molar-refractivity contribution < 1.29 is 19.2 Å². The molecular weight excluding hydrogens is 621 g/mol. The third-order valence-corrected chi connectivity index (χ3v) is 9.48. The van der Waals surface area contributed by atoms with Gasteiger partial charge >= 0.3 is 5.97 Å². The quantitative estimate of drug-likeness (QED) is 0.241. The first-order valence-electron chi connectivity index (χ1n) is 15.0. The maximum Gasteiger partial charge on any atom is 0.304 e. The summed E-state index contributed by atoms with van der Waals surface area (Å²) in [5.41, 5.74) is 2.63. The van der Waals surface area contributed by atoms with Crippen molar-refractivity contribution in [2.24, 2.45) is 5.92 Å². The molecule has 2 aliphatic rings. The molecular formula is C32H39Cl2N5O4S. The van der Waals surface area contributed by atoms with Crippen LogP contribution in [0.15, 0.2) is 48.7 Å². The Hall–Kier alpha value is -2.60. The molecule has 9 nitrogen and oxygen atoms in total. The second-order valence-corrected chi connectivity index (χ2v) is 14.0. The normalized spacial score (nSPS) is 17.5. The predicted octanol–water partition coefficient (Wildman–Crippen LogP) is 5.82. The van der Waals surface area contributed by atoms with Gasteiger partial charge in [-0.2, -0.15) is 0 Å². The number of nitrogens with zero attached hydrogens (tertiary/aromatic N) is 5. The van der Waals surface area contributed by atoms with Crippen molar-refractivity contribution in [3.05, 3.63) is 64.3 Å². The summed E-state index contributed by atoms with van der Waals surface area (Å²) in [6.07, 6.45) is 6.90. The first-order chi connectivity index (χ1) is 21.2. The summed E-state index contributed by atoms with van der Waals surface area (Å²) in [5.74, 6) is 2.56. The molecule has 0 bridgehead atoms. The van der Waals surface area contributed by atoms with Gasteiger partial charge in [-0.3, -0.25) is 14.6 Å². The second kappa shape index (κ2) is 15.6. The number of pyridine rings is 2. The van der Waals surface area contributed by atoms with Crippen LogP contribution in [0, 0.1) is 5.92 Å². The van der Waals surface area contributed by atoms with E-state index in [-0.39, 0.29) is 6.42 Å². The Balaban J connectivity index is 1.27. The van der Waals surface area contributed by atoms with Gasteiger partial charge in [-0.1, -0.05) is 34.4 Å². The van der Waals surface area contributed by atoms with E-state index >= 15 is 0 Å². The lowest BCUT2D eigenvalue weighted by Gasteiger charge is -2.35. The third kappa shape index (κ3) is 9.70. The van der Waals surface area contributed by atoms with E-state index in [9.17, 15) is 9.35 Å². The molecule has 1 atom stereocenters. The van der Waals surface area contributed by atoms with Gasteiger partial charge in [0, 0.05) is 60.9 Å². The van der Waals surface area contributed by atoms with Gasteiger partial charge in [0.1, 0.15) is 17.3 Å². The minimum atomic E-state index is -0.767. The fraction of sp³-hybridized carbons (Fsp3) is 0.469. The van der Waals surface area contributed by atoms with Gasteiger partial charge in [0.05, 0.1) is 24.6 Å². The van der Waals surface area contributed by atoms with Crippen LogP contribution >= 0.6 is 23.2 Å². The van der Waals surface area contributed by atoms with E-state index < -0.39 is 17.1 Å². The molecule has 0 radical (unpaired) electrons.